The monoisotopic (exact) mass is 260 g/mol. The summed E-state index contributed by atoms with van der Waals surface area (Å²) < 4.78 is 4.85. The van der Waals surface area contributed by atoms with Gasteiger partial charge >= 0.3 is 5.97 Å². The van der Waals surface area contributed by atoms with E-state index < -0.39 is 5.97 Å². The maximum atomic E-state index is 12.1. The van der Waals surface area contributed by atoms with Gasteiger partial charge in [-0.2, -0.15) is 0 Å². The second kappa shape index (κ2) is 4.85. The van der Waals surface area contributed by atoms with Gasteiger partial charge in [-0.25, -0.2) is 4.79 Å². The van der Waals surface area contributed by atoms with Crippen LogP contribution in [0.5, 0.6) is 0 Å². The first-order valence-electron chi connectivity index (χ1n) is 5.44. The van der Waals surface area contributed by atoms with Gasteiger partial charge in [0, 0.05) is 7.05 Å². The van der Waals surface area contributed by atoms with E-state index in [0.717, 1.165) is 0 Å². The fraction of sp³-hybridized carbons (Fsp3) is 0.0769. The highest BCUT2D eigenvalue weighted by atomic mass is 16.4. The van der Waals surface area contributed by atoms with Crippen LogP contribution >= 0.6 is 0 Å². The molecular weight excluding hydrogens is 248 g/mol. The third-order valence-corrected chi connectivity index (χ3v) is 2.71. The quantitative estimate of drug-likeness (QED) is 0.820. The number of nitrogens with zero attached hydrogens (tertiary/aromatic N) is 1. The summed E-state index contributed by atoms with van der Waals surface area (Å²) in [6.45, 7) is 0. The molecule has 0 aliphatic carbocycles. The number of nitrogen functional groups attached to an aromatic ring is 1. The van der Waals surface area contributed by atoms with Crippen LogP contribution in [0, 0.1) is 0 Å². The van der Waals surface area contributed by atoms with E-state index in [2.05, 4.69) is 0 Å². The molecule has 0 radical (unpaired) electrons. The zero-order valence-electron chi connectivity index (χ0n) is 10.2. The van der Waals surface area contributed by atoms with Gasteiger partial charge in [0.2, 0.25) is 0 Å². The number of hydrogen-bond donors (Lipinski definition) is 2. The minimum Gasteiger partial charge on any atom is -0.478 e. The van der Waals surface area contributed by atoms with Crippen LogP contribution in [-0.2, 0) is 0 Å². The molecule has 1 amide bonds. The number of furan rings is 1. The first-order valence-corrected chi connectivity index (χ1v) is 5.44. The standard InChI is InChI=1S/C13H12N2O4/c1-15(12(16)9-4-5-19-7-9)11-3-2-8(13(17)18)6-10(11)14/h2-7H,14H2,1H3,(H,17,18). The van der Waals surface area contributed by atoms with Crippen LogP contribution in [0.3, 0.4) is 0 Å². The number of amides is 1. The van der Waals surface area contributed by atoms with Gasteiger partial charge in [0.25, 0.3) is 5.91 Å². The maximum Gasteiger partial charge on any atom is 0.335 e. The average Bonchev–Trinajstić information content (AvgIpc) is 2.90. The van der Waals surface area contributed by atoms with E-state index in [9.17, 15) is 9.59 Å². The average molecular weight is 260 g/mol. The molecule has 0 spiro atoms. The Hall–Kier alpha value is -2.76. The third-order valence-electron chi connectivity index (χ3n) is 2.71. The molecule has 2 rings (SSSR count). The molecule has 0 atom stereocenters. The molecular formula is C13H12N2O4. The molecule has 0 aliphatic heterocycles. The Bertz CT molecular complexity index is 620. The van der Waals surface area contributed by atoms with Crippen molar-refractivity contribution in [2.24, 2.45) is 0 Å². The van der Waals surface area contributed by atoms with Crippen LogP contribution in [0.15, 0.2) is 41.2 Å². The number of hydrogen-bond acceptors (Lipinski definition) is 4. The number of benzene rings is 1. The molecule has 6 heteroatoms. The van der Waals surface area contributed by atoms with E-state index in [-0.39, 0.29) is 17.2 Å². The van der Waals surface area contributed by atoms with Crippen LogP contribution in [0.1, 0.15) is 20.7 Å². The van der Waals surface area contributed by atoms with E-state index in [1.807, 2.05) is 0 Å². The van der Waals surface area contributed by atoms with Crippen molar-refractivity contribution in [1.82, 2.24) is 0 Å². The molecule has 2 aromatic rings. The van der Waals surface area contributed by atoms with Crippen molar-refractivity contribution in [2.75, 3.05) is 17.7 Å². The van der Waals surface area contributed by atoms with Crippen molar-refractivity contribution in [3.05, 3.63) is 47.9 Å². The minimum absolute atomic E-state index is 0.0745. The largest absolute Gasteiger partial charge is 0.478 e. The number of anilines is 2. The first-order chi connectivity index (χ1) is 9.00. The van der Waals surface area contributed by atoms with E-state index in [0.29, 0.717) is 11.3 Å². The van der Waals surface area contributed by atoms with Crippen LogP contribution in [-0.4, -0.2) is 24.0 Å². The molecule has 98 valence electrons. The van der Waals surface area contributed by atoms with E-state index in [1.165, 1.54) is 35.6 Å². The molecule has 19 heavy (non-hydrogen) atoms. The number of rotatable bonds is 3. The summed E-state index contributed by atoms with van der Waals surface area (Å²) in [7, 11) is 1.56. The molecule has 0 unspecified atom stereocenters. The molecule has 1 heterocycles. The van der Waals surface area contributed by atoms with Gasteiger partial charge in [0.1, 0.15) is 6.26 Å². The van der Waals surface area contributed by atoms with Crippen molar-refractivity contribution in [3.8, 4) is 0 Å². The number of carboxylic acids is 1. The zero-order valence-corrected chi connectivity index (χ0v) is 10.2. The topological polar surface area (TPSA) is 96.8 Å². The zero-order chi connectivity index (χ0) is 14.0. The fourth-order valence-electron chi connectivity index (χ4n) is 1.68. The summed E-state index contributed by atoms with van der Waals surface area (Å²) in [5.41, 5.74) is 6.90. The summed E-state index contributed by atoms with van der Waals surface area (Å²) in [5.74, 6) is -1.36. The molecule has 3 N–H and O–H groups in total. The molecule has 0 aliphatic rings. The lowest BCUT2D eigenvalue weighted by Gasteiger charge is -2.18. The number of carboxylic acid groups (broad SMARTS) is 1. The summed E-state index contributed by atoms with van der Waals surface area (Å²) in [4.78, 5) is 24.2. The van der Waals surface area contributed by atoms with Crippen LogP contribution < -0.4 is 10.6 Å². The molecule has 0 fully saturated rings. The molecule has 1 aromatic carbocycles. The molecule has 0 saturated carbocycles. The highest BCUT2D eigenvalue weighted by molar-refractivity contribution is 6.07. The SMILES string of the molecule is CN(C(=O)c1ccoc1)c1ccc(C(=O)O)cc1N. The predicted octanol–water partition coefficient (Wildman–Crippen LogP) is 1.84. The Morgan fingerprint density at radius 2 is 2.00 bits per heavy atom. The van der Waals surface area contributed by atoms with Gasteiger partial charge < -0.3 is 20.2 Å². The number of carbonyl (C=O) groups is 2. The Balaban J connectivity index is 2.32. The highest BCUT2D eigenvalue weighted by Crippen LogP contribution is 2.24. The third kappa shape index (κ3) is 2.42. The summed E-state index contributed by atoms with van der Waals surface area (Å²) in [6, 6.07) is 5.75. The van der Waals surface area contributed by atoms with E-state index in [1.54, 1.807) is 13.1 Å². The number of carbonyl (C=O) groups excluding carboxylic acids is 1. The van der Waals surface area contributed by atoms with Crippen molar-refractivity contribution < 1.29 is 19.1 Å². The second-order valence-corrected chi connectivity index (χ2v) is 3.95. The Labute approximate surface area is 109 Å². The second-order valence-electron chi connectivity index (χ2n) is 3.95. The number of aromatic carboxylic acids is 1. The van der Waals surface area contributed by atoms with E-state index in [4.69, 9.17) is 15.3 Å². The lowest BCUT2D eigenvalue weighted by molar-refractivity contribution is 0.0697. The summed E-state index contributed by atoms with van der Waals surface area (Å²) >= 11 is 0. The van der Waals surface area contributed by atoms with Crippen LogP contribution in [0.4, 0.5) is 11.4 Å². The highest BCUT2D eigenvalue weighted by Gasteiger charge is 2.17. The van der Waals surface area contributed by atoms with Gasteiger partial charge in [-0.1, -0.05) is 0 Å². The van der Waals surface area contributed by atoms with Gasteiger partial charge in [-0.3, -0.25) is 4.79 Å². The lowest BCUT2D eigenvalue weighted by Crippen LogP contribution is -2.26. The van der Waals surface area contributed by atoms with Crippen molar-refractivity contribution >= 4 is 23.3 Å². The van der Waals surface area contributed by atoms with Gasteiger partial charge in [0.05, 0.1) is 28.8 Å². The van der Waals surface area contributed by atoms with Crippen LogP contribution in [0.2, 0.25) is 0 Å². The van der Waals surface area contributed by atoms with Gasteiger partial charge in [0.15, 0.2) is 0 Å². The Morgan fingerprint density at radius 1 is 1.26 bits per heavy atom. The minimum atomic E-state index is -1.07. The molecule has 0 saturated heterocycles. The lowest BCUT2D eigenvalue weighted by atomic mass is 10.1. The Kier molecular flexibility index (Phi) is 3.24. The van der Waals surface area contributed by atoms with Gasteiger partial charge in [-0.15, -0.1) is 0 Å². The predicted molar refractivity (Wildman–Crippen MR) is 69.3 cm³/mol. The normalized spacial score (nSPS) is 10.2. The number of nitrogens with two attached hydrogens (primary N) is 1. The van der Waals surface area contributed by atoms with Crippen LogP contribution in [0.25, 0.3) is 0 Å². The van der Waals surface area contributed by atoms with E-state index >= 15 is 0 Å². The first kappa shape index (κ1) is 12.7. The summed E-state index contributed by atoms with van der Waals surface area (Å²) in [6.07, 6.45) is 2.73. The smallest absolute Gasteiger partial charge is 0.335 e. The molecule has 0 bridgehead atoms. The molecule has 6 nitrogen and oxygen atoms in total. The van der Waals surface area contributed by atoms with Crippen molar-refractivity contribution in [2.45, 2.75) is 0 Å². The fourth-order valence-corrected chi connectivity index (χ4v) is 1.68. The summed E-state index contributed by atoms with van der Waals surface area (Å²) in [5, 5.41) is 8.85. The van der Waals surface area contributed by atoms with Gasteiger partial charge in [-0.05, 0) is 24.3 Å². The maximum absolute atomic E-state index is 12.1. The Morgan fingerprint density at radius 3 is 2.53 bits per heavy atom. The van der Waals surface area contributed by atoms with Crippen molar-refractivity contribution in [3.63, 3.8) is 0 Å². The molecule has 1 aromatic heterocycles. The van der Waals surface area contributed by atoms with Crippen molar-refractivity contribution in [1.29, 1.82) is 0 Å².